The Morgan fingerprint density at radius 2 is 0.627 bits per heavy atom. The number of ether oxygens (including phenoxy) is 13. The van der Waals surface area contributed by atoms with Crippen LogP contribution in [0.5, 0.6) is 11.5 Å². The zero-order valence-electron chi connectivity index (χ0n) is 85.8. The second kappa shape index (κ2) is 61.1. The van der Waals surface area contributed by atoms with Gasteiger partial charge >= 0.3 is 0 Å². The van der Waals surface area contributed by atoms with Gasteiger partial charge in [0.25, 0.3) is 0 Å². The van der Waals surface area contributed by atoms with Gasteiger partial charge in [-0.05, 0) is 262 Å². The Bertz CT molecular complexity index is 5010. The first-order valence-electron chi connectivity index (χ1n) is 55.3. The predicted octanol–water partition coefficient (Wildman–Crippen LogP) is 23.6. The number of aryl methyl sites for hydroxylation is 1. The van der Waals surface area contributed by atoms with Gasteiger partial charge in [-0.3, -0.25) is 29.4 Å². The molecule has 2 aromatic heterocycles. The van der Waals surface area contributed by atoms with Crippen LogP contribution in [0.2, 0.25) is 0 Å². The summed E-state index contributed by atoms with van der Waals surface area (Å²) in [4.78, 5) is 15.7. The molecule has 0 spiro atoms. The Labute approximate surface area is 875 Å². The van der Waals surface area contributed by atoms with E-state index in [1.54, 1.807) is 14.2 Å². The molecule has 6 saturated carbocycles. The highest BCUT2D eigenvalue weighted by molar-refractivity contribution is 9.10. The highest BCUT2D eigenvalue weighted by Crippen LogP contribution is 2.38. The first-order valence-corrected chi connectivity index (χ1v) is 58.7. The lowest BCUT2D eigenvalue weighted by atomic mass is 9.91. The molecular formula is C119H168Br2N6O13S2. The van der Waals surface area contributed by atoms with Crippen LogP contribution in [0.25, 0.3) is 30.9 Å². The molecule has 8 heterocycles. The minimum atomic E-state index is 0.382. The lowest BCUT2D eigenvalue weighted by molar-refractivity contribution is -0.0658. The first kappa shape index (κ1) is 109. The first-order chi connectivity index (χ1) is 70.2. The topological polar surface area (TPSA) is 139 Å². The van der Waals surface area contributed by atoms with Gasteiger partial charge in [0.15, 0.2) is 11.5 Å². The van der Waals surface area contributed by atoms with Gasteiger partial charge in [0.05, 0.1) is 150 Å². The molecule has 6 aliphatic heterocycles. The number of halogens is 2. The summed E-state index contributed by atoms with van der Waals surface area (Å²) in [6.07, 6.45) is 43.2. The summed E-state index contributed by atoms with van der Waals surface area (Å²) in [5.74, 6) is 1.58. The minimum absolute atomic E-state index is 0.382. The Hall–Kier alpha value is -5.40. The molecule has 12 aliphatic rings. The average Bonchev–Trinajstić information content (AvgIpc) is 1.14. The monoisotopic (exact) mass is 2110 g/mol. The Morgan fingerprint density at radius 3 is 1.09 bits per heavy atom. The third kappa shape index (κ3) is 33.5. The SMILES string of the molecule is Brc1cccc(CCOC2CCCCC2N2CCOCC2)c1.Brc1ccccc1CCOC1CCCCC1N1CCOCC1.COc1ccc(CCCOC2CCCCC2N2CCOCC2)cc1OC.c1cc(CCOC2CCCCC2N2CCOCC2)c2ccsc2c1.c1ccc2c(CCOC3CCCCC3N3CCCC3)cccc2c1.c1ccc2c(CCOC3CCCCC3N3CCOCC3)csc2c1. The molecule has 0 radical (unpaired) electrons. The van der Waals surface area contributed by atoms with Crippen LogP contribution in [0.4, 0.5) is 0 Å². The number of methoxy groups -OCH3 is 2. The van der Waals surface area contributed by atoms with Gasteiger partial charge in [0, 0.05) is 127 Å². The van der Waals surface area contributed by atoms with Crippen molar-refractivity contribution >= 4 is 85.5 Å². The van der Waals surface area contributed by atoms with Gasteiger partial charge in [0.2, 0.25) is 0 Å². The summed E-state index contributed by atoms with van der Waals surface area (Å²) in [5, 5.41) is 10.0. The van der Waals surface area contributed by atoms with Crippen molar-refractivity contribution in [2.24, 2.45) is 0 Å². The molecule has 0 bridgehead atoms. The molecule has 12 atom stereocenters. The molecule has 23 heteroatoms. The molecule has 0 amide bonds. The maximum absolute atomic E-state index is 6.42. The highest BCUT2D eigenvalue weighted by Gasteiger charge is 2.39. The van der Waals surface area contributed by atoms with Crippen LogP contribution in [0.3, 0.4) is 0 Å². The predicted molar refractivity (Wildman–Crippen MR) is 587 cm³/mol. The smallest absolute Gasteiger partial charge is 0.160 e. The number of rotatable bonds is 33. The maximum atomic E-state index is 6.42. The zero-order valence-corrected chi connectivity index (χ0v) is 90.6. The Kier molecular flexibility index (Phi) is 47.0. The van der Waals surface area contributed by atoms with Crippen molar-refractivity contribution in [2.75, 3.05) is 198 Å². The van der Waals surface area contributed by atoms with E-state index in [9.17, 15) is 0 Å². The van der Waals surface area contributed by atoms with Gasteiger partial charge in [0.1, 0.15) is 0 Å². The standard InChI is InChI=1S/C22H29NO.C21H33NO4.2C20H27NO2S.2C18H26BrNO2/c1-2-11-20-18(8-1)9-7-10-19(20)14-17-24-22-13-4-3-12-21(22)23-15-5-6-16-23;1-23-20-10-9-17(16-21(20)24-2)6-5-13-26-19-8-4-3-7-18(19)22-11-14-25-15-12-22;1-4-8-20-17(5-1)16(15-24-20)9-12-23-19-7-3-2-6-18(19)21-10-13-22-14-11-21;1-2-6-19(18(5-1)21-10-13-22-14-11-21)23-12-8-16-4-3-7-20-17(16)9-15-24-20;19-16-5-3-4-15(14-16)8-11-22-18-7-2-1-6-17(18)20-9-12-21-13-10-20;19-16-6-2-1-5-15(16)9-12-22-18-8-4-3-7-17(18)20-10-13-21-14-11-20/h1-2,7-11,21-22H,3-6,12-17H2;9-10,16,18-19H,3-8,11-15H2,1-2H3;1,4-5,8,15,18-19H,2-3,6-7,9-14H2;3-4,7,9,15,18-19H,1-2,5-6,8,10-14H2;3-5,14,17-18H,1-2,6-13H2;1-2,5-6,17-18H,3-4,7-14H2. The van der Waals surface area contributed by atoms with Crippen molar-refractivity contribution in [1.82, 2.24) is 29.4 Å². The molecule has 7 aromatic carbocycles. The van der Waals surface area contributed by atoms with E-state index in [4.69, 9.17) is 61.6 Å². The molecule has 0 N–H and O–H groups in total. The van der Waals surface area contributed by atoms with Crippen LogP contribution in [-0.2, 0) is 90.6 Å². The number of morpholine rings is 5. The van der Waals surface area contributed by atoms with Gasteiger partial charge in [-0.1, -0.05) is 218 Å². The molecular weight excluding hydrogens is 1950 g/mol. The van der Waals surface area contributed by atoms with Crippen LogP contribution in [0.1, 0.15) is 207 Å². The van der Waals surface area contributed by atoms with Gasteiger partial charge in [-0.25, -0.2) is 0 Å². The summed E-state index contributed by atoms with van der Waals surface area (Å²) in [6.45, 7) is 26.9. The number of fused-ring (bicyclic) bond motifs is 3. The summed E-state index contributed by atoms with van der Waals surface area (Å²) >= 11 is 10.8. The quantitative estimate of drug-likeness (QED) is 0.0360. The molecule has 6 saturated heterocycles. The number of nitrogens with zero attached hydrogens (tertiary/aromatic N) is 6. The van der Waals surface area contributed by atoms with E-state index in [2.05, 4.69) is 224 Å². The zero-order chi connectivity index (χ0) is 97.2. The Morgan fingerprint density at radius 1 is 0.282 bits per heavy atom. The maximum Gasteiger partial charge on any atom is 0.160 e. The molecule has 12 unspecified atom stereocenters. The van der Waals surface area contributed by atoms with E-state index in [1.807, 2.05) is 28.7 Å². The van der Waals surface area contributed by atoms with Crippen LogP contribution >= 0.6 is 54.5 Å². The average molecular weight is 2110 g/mol. The number of hydrogen-bond donors (Lipinski definition) is 0. The second-order valence-corrected chi connectivity index (χ2v) is 44.6. The van der Waals surface area contributed by atoms with Crippen molar-refractivity contribution in [3.63, 3.8) is 0 Å². The summed E-state index contributed by atoms with van der Waals surface area (Å²) in [7, 11) is 3.35. The third-order valence-corrected chi connectivity index (χ3v) is 35.2. The summed E-state index contributed by atoms with van der Waals surface area (Å²) in [6, 6.07) is 59.6. The number of likely N-dealkylation sites (tertiary alicyclic amines) is 1. The van der Waals surface area contributed by atoms with Crippen molar-refractivity contribution in [3.05, 3.63) is 211 Å². The molecule has 9 aromatic rings. The van der Waals surface area contributed by atoms with Gasteiger partial charge < -0.3 is 61.6 Å². The highest BCUT2D eigenvalue weighted by atomic mass is 79.9. The van der Waals surface area contributed by atoms with E-state index in [-0.39, 0.29) is 0 Å². The van der Waals surface area contributed by atoms with Crippen LogP contribution in [0, 0.1) is 0 Å². The molecule has 21 rings (SSSR count). The van der Waals surface area contributed by atoms with E-state index in [0.29, 0.717) is 72.9 Å². The fourth-order valence-corrected chi connectivity index (χ4v) is 27.1. The lowest BCUT2D eigenvalue weighted by Gasteiger charge is -2.41. The number of benzene rings is 7. The number of hydrogen-bond acceptors (Lipinski definition) is 21. The number of thiophene rings is 2. The minimum Gasteiger partial charge on any atom is -0.493 e. The van der Waals surface area contributed by atoms with E-state index >= 15 is 0 Å². The van der Waals surface area contributed by atoms with Crippen molar-refractivity contribution in [2.45, 2.75) is 285 Å². The van der Waals surface area contributed by atoms with E-state index < -0.39 is 0 Å². The summed E-state index contributed by atoms with van der Waals surface area (Å²) < 4.78 is 81.5. The fourth-order valence-electron chi connectivity index (χ4n) is 24.3. The van der Waals surface area contributed by atoms with Crippen molar-refractivity contribution in [3.8, 4) is 11.5 Å². The third-order valence-electron chi connectivity index (χ3n) is 32.0. The molecule has 19 nitrogen and oxygen atoms in total. The van der Waals surface area contributed by atoms with E-state index in [1.165, 1.54) is 249 Å². The molecule has 6 aliphatic carbocycles. The largest absolute Gasteiger partial charge is 0.493 e. The van der Waals surface area contributed by atoms with Crippen molar-refractivity contribution in [1.29, 1.82) is 0 Å². The normalized spacial score (nSPS) is 25.9. The van der Waals surface area contributed by atoms with Crippen LogP contribution < -0.4 is 9.47 Å². The molecule has 142 heavy (non-hydrogen) atoms. The van der Waals surface area contributed by atoms with Crippen LogP contribution in [-0.4, -0.2) is 301 Å². The molecule has 778 valence electrons. The summed E-state index contributed by atoms with van der Waals surface area (Å²) in [5.41, 5.74) is 8.22. The lowest BCUT2D eigenvalue weighted by Crippen LogP contribution is -2.51. The fraction of sp³-hybridized carbons (Fsp3) is 0.630. The van der Waals surface area contributed by atoms with Crippen molar-refractivity contribution < 1.29 is 61.6 Å². The molecule has 12 fully saturated rings. The van der Waals surface area contributed by atoms with Crippen LogP contribution in [0.15, 0.2) is 177 Å². The van der Waals surface area contributed by atoms with E-state index in [0.717, 1.165) is 232 Å². The van der Waals surface area contributed by atoms with Gasteiger partial charge in [-0.15, -0.1) is 22.7 Å². The second-order valence-electron chi connectivity index (χ2n) is 41.0. The van der Waals surface area contributed by atoms with Gasteiger partial charge in [-0.2, -0.15) is 0 Å². The Balaban J connectivity index is 0.000000123.